The fraction of sp³-hybridized carbons (Fsp3) is 0.778. The van der Waals surface area contributed by atoms with Crippen LogP contribution in [0.5, 0.6) is 0 Å². The predicted molar refractivity (Wildman–Crippen MR) is 100 cm³/mol. The van der Waals surface area contributed by atoms with Gasteiger partial charge in [0.25, 0.3) is 0 Å². The minimum absolute atomic E-state index is 0.0276. The predicted octanol–water partition coefficient (Wildman–Crippen LogP) is 0.726. The molecule has 0 aromatic carbocycles. The standard InChI is InChI=1S/C18H28N4O4S/c1-12-10-22(27(24,25)14-4-6-19-7-5-14)11-16(12)20-9-17(23)15-8-18(26-21-15)13-2-3-13/h8,12-14,16,19-20H,2-7,9-11H2,1H3/t12-,16+/m1/s1. The van der Waals surface area contributed by atoms with Crippen molar-refractivity contribution in [3.63, 3.8) is 0 Å². The fourth-order valence-electron chi connectivity index (χ4n) is 4.00. The Morgan fingerprint density at radius 3 is 2.74 bits per heavy atom. The molecule has 1 aromatic rings. The molecule has 3 fully saturated rings. The van der Waals surface area contributed by atoms with Gasteiger partial charge in [0.2, 0.25) is 10.0 Å². The summed E-state index contributed by atoms with van der Waals surface area (Å²) in [6.45, 7) is 4.61. The molecule has 2 atom stereocenters. The van der Waals surface area contributed by atoms with Gasteiger partial charge < -0.3 is 15.2 Å². The lowest BCUT2D eigenvalue weighted by Gasteiger charge is -2.27. The number of Topliss-reactive ketones (excluding diaryl/α,β-unsaturated/α-hetero) is 1. The lowest BCUT2D eigenvalue weighted by atomic mass is 10.1. The molecule has 3 aliphatic rings. The van der Waals surface area contributed by atoms with Gasteiger partial charge in [0, 0.05) is 31.1 Å². The summed E-state index contributed by atoms with van der Waals surface area (Å²) in [7, 11) is -3.28. The van der Waals surface area contributed by atoms with Crippen molar-refractivity contribution >= 4 is 15.8 Å². The Labute approximate surface area is 160 Å². The second-order valence-electron chi connectivity index (χ2n) is 8.09. The highest BCUT2D eigenvalue weighted by atomic mass is 32.2. The molecular formula is C18H28N4O4S. The number of rotatable bonds is 7. The fourth-order valence-corrected chi connectivity index (χ4v) is 6.06. The Balaban J connectivity index is 1.32. The summed E-state index contributed by atoms with van der Waals surface area (Å²) in [4.78, 5) is 12.4. The molecule has 9 heteroatoms. The second kappa shape index (κ2) is 7.62. The molecule has 0 amide bonds. The lowest BCUT2D eigenvalue weighted by molar-refractivity contribution is 0.0977. The summed E-state index contributed by atoms with van der Waals surface area (Å²) in [6, 6.07) is 1.72. The molecular weight excluding hydrogens is 368 g/mol. The van der Waals surface area contributed by atoms with Crippen molar-refractivity contribution in [1.29, 1.82) is 0 Å². The van der Waals surface area contributed by atoms with E-state index in [-0.39, 0.29) is 29.5 Å². The molecule has 27 heavy (non-hydrogen) atoms. The first-order chi connectivity index (χ1) is 12.9. The molecule has 2 N–H and O–H groups in total. The van der Waals surface area contributed by atoms with Gasteiger partial charge in [-0.25, -0.2) is 8.42 Å². The summed E-state index contributed by atoms with van der Waals surface area (Å²) in [5, 5.41) is 10.0. The van der Waals surface area contributed by atoms with E-state index in [2.05, 4.69) is 15.8 Å². The first-order valence-electron chi connectivity index (χ1n) is 9.88. The van der Waals surface area contributed by atoms with Crippen molar-refractivity contribution in [1.82, 2.24) is 20.1 Å². The van der Waals surface area contributed by atoms with Gasteiger partial charge in [-0.1, -0.05) is 12.1 Å². The van der Waals surface area contributed by atoms with Crippen molar-refractivity contribution in [2.24, 2.45) is 5.92 Å². The molecule has 4 rings (SSSR count). The van der Waals surface area contributed by atoms with Crippen LogP contribution in [0.4, 0.5) is 0 Å². The Kier molecular flexibility index (Phi) is 5.37. The van der Waals surface area contributed by atoms with Crippen LogP contribution < -0.4 is 10.6 Å². The summed E-state index contributed by atoms with van der Waals surface area (Å²) >= 11 is 0. The molecule has 150 valence electrons. The molecule has 8 nitrogen and oxygen atoms in total. The number of sulfonamides is 1. The number of aromatic nitrogens is 1. The topological polar surface area (TPSA) is 105 Å². The van der Waals surface area contributed by atoms with Crippen molar-refractivity contribution in [3.05, 3.63) is 17.5 Å². The summed E-state index contributed by atoms with van der Waals surface area (Å²) in [5.74, 6) is 1.27. The molecule has 0 bridgehead atoms. The maximum atomic E-state index is 12.9. The Hall–Kier alpha value is -1.29. The van der Waals surface area contributed by atoms with Crippen molar-refractivity contribution < 1.29 is 17.7 Å². The average Bonchev–Trinajstić information content (AvgIpc) is 3.27. The molecule has 1 aromatic heterocycles. The quantitative estimate of drug-likeness (QED) is 0.655. The van der Waals surface area contributed by atoms with Crippen LogP contribution in [0.3, 0.4) is 0 Å². The largest absolute Gasteiger partial charge is 0.360 e. The third-order valence-electron chi connectivity index (χ3n) is 5.96. The Morgan fingerprint density at radius 1 is 1.30 bits per heavy atom. The number of nitrogens with zero attached hydrogens (tertiary/aromatic N) is 2. The van der Waals surface area contributed by atoms with Crippen molar-refractivity contribution in [2.45, 2.75) is 49.8 Å². The maximum Gasteiger partial charge on any atom is 0.217 e. The third-order valence-corrected chi connectivity index (χ3v) is 8.30. The van der Waals surface area contributed by atoms with Crippen molar-refractivity contribution in [3.8, 4) is 0 Å². The minimum Gasteiger partial charge on any atom is -0.360 e. The summed E-state index contributed by atoms with van der Waals surface area (Å²) in [5.41, 5.74) is 0.356. The van der Waals surface area contributed by atoms with Gasteiger partial charge in [0.1, 0.15) is 5.76 Å². The van der Waals surface area contributed by atoms with E-state index in [1.807, 2.05) is 6.92 Å². The van der Waals surface area contributed by atoms with Gasteiger partial charge in [0.05, 0.1) is 11.8 Å². The molecule has 2 aliphatic heterocycles. The zero-order valence-corrected chi connectivity index (χ0v) is 16.5. The minimum atomic E-state index is -3.28. The van der Waals surface area contributed by atoms with Crippen LogP contribution in [0.15, 0.2) is 10.6 Å². The second-order valence-corrected chi connectivity index (χ2v) is 10.3. The highest BCUT2D eigenvalue weighted by Gasteiger charge is 2.40. The lowest BCUT2D eigenvalue weighted by Crippen LogP contribution is -2.44. The summed E-state index contributed by atoms with van der Waals surface area (Å²) < 4.78 is 32.6. The van der Waals surface area contributed by atoms with Crippen LogP contribution in [0, 0.1) is 5.92 Å². The van der Waals surface area contributed by atoms with Crippen molar-refractivity contribution in [2.75, 3.05) is 32.7 Å². The first kappa shape index (κ1) is 19.0. The summed E-state index contributed by atoms with van der Waals surface area (Å²) in [6.07, 6.45) is 3.53. The number of nitrogens with one attached hydrogen (secondary N) is 2. The highest BCUT2D eigenvalue weighted by Crippen LogP contribution is 2.40. The Morgan fingerprint density at radius 2 is 2.04 bits per heavy atom. The van der Waals surface area contributed by atoms with Crippen LogP contribution in [0.25, 0.3) is 0 Å². The van der Waals surface area contributed by atoms with E-state index in [4.69, 9.17) is 4.52 Å². The van der Waals surface area contributed by atoms with E-state index >= 15 is 0 Å². The average molecular weight is 397 g/mol. The van der Waals surface area contributed by atoms with Gasteiger partial charge >= 0.3 is 0 Å². The van der Waals surface area contributed by atoms with Crippen LogP contribution in [0.2, 0.25) is 0 Å². The number of ketones is 1. The molecule has 3 heterocycles. The van der Waals surface area contributed by atoms with E-state index in [1.165, 1.54) is 0 Å². The number of piperidine rings is 1. The number of hydrogen-bond acceptors (Lipinski definition) is 7. The third kappa shape index (κ3) is 4.11. The van der Waals surface area contributed by atoms with Crippen LogP contribution >= 0.6 is 0 Å². The zero-order valence-electron chi connectivity index (χ0n) is 15.7. The zero-order chi connectivity index (χ0) is 19.0. The smallest absolute Gasteiger partial charge is 0.217 e. The monoisotopic (exact) mass is 396 g/mol. The SMILES string of the molecule is C[C@@H]1CN(S(=O)(=O)C2CCNCC2)C[C@@H]1NCC(=O)c1cc(C2CC2)on1. The van der Waals surface area contributed by atoms with Gasteiger partial charge in [-0.05, 0) is 44.7 Å². The van der Waals surface area contributed by atoms with E-state index < -0.39 is 10.0 Å². The first-order valence-corrected chi connectivity index (χ1v) is 11.4. The van der Waals surface area contributed by atoms with Gasteiger partial charge in [-0.3, -0.25) is 4.79 Å². The van der Waals surface area contributed by atoms with Gasteiger partial charge in [-0.15, -0.1) is 0 Å². The van der Waals surface area contributed by atoms with Gasteiger partial charge in [-0.2, -0.15) is 4.31 Å². The van der Waals surface area contributed by atoms with E-state index in [0.29, 0.717) is 37.5 Å². The molecule has 0 radical (unpaired) electrons. The van der Waals surface area contributed by atoms with Crippen LogP contribution in [0.1, 0.15) is 54.8 Å². The van der Waals surface area contributed by atoms with Crippen LogP contribution in [-0.4, -0.2) is 67.7 Å². The number of carbonyl (C=O) groups excluding carboxylic acids is 1. The Bertz CT molecular complexity index is 783. The van der Waals surface area contributed by atoms with E-state index in [0.717, 1.165) is 31.7 Å². The highest BCUT2D eigenvalue weighted by molar-refractivity contribution is 7.89. The van der Waals surface area contributed by atoms with Gasteiger partial charge in [0.15, 0.2) is 11.5 Å². The molecule has 2 saturated heterocycles. The molecule has 1 saturated carbocycles. The maximum absolute atomic E-state index is 12.9. The van der Waals surface area contributed by atoms with E-state index in [9.17, 15) is 13.2 Å². The number of carbonyl (C=O) groups is 1. The number of hydrogen-bond donors (Lipinski definition) is 2. The molecule has 0 spiro atoms. The molecule has 0 unspecified atom stereocenters. The normalized spacial score (nSPS) is 27.9. The van der Waals surface area contributed by atoms with Crippen LogP contribution in [-0.2, 0) is 10.0 Å². The van der Waals surface area contributed by atoms with E-state index in [1.54, 1.807) is 10.4 Å². The molecule has 1 aliphatic carbocycles.